The summed E-state index contributed by atoms with van der Waals surface area (Å²) < 4.78 is 0. The standard InChI is InChI=1S/C34H61N5O4/c1-22(2)17-18-35-30(40)26-16-14-20-39(26)32(42)25(7)21-28(23(3)4)37(11)33(43)29(34(8,9)10)36-31(41)27-15-12-13-19-38(27)24(5)6/h21-24,26-29H,12-20H2,1-11H3,(H,35,40)(H,36,41)/b25-21+/t26-,27+,28+,29+/m0/s1. The van der Waals surface area contributed by atoms with Gasteiger partial charge >= 0.3 is 0 Å². The van der Waals surface area contributed by atoms with E-state index in [2.05, 4.69) is 43.2 Å². The molecule has 2 rings (SSSR count). The molecule has 246 valence electrons. The van der Waals surface area contributed by atoms with Crippen LogP contribution in [-0.4, -0.2) is 95.2 Å². The van der Waals surface area contributed by atoms with Gasteiger partial charge in [-0.3, -0.25) is 24.1 Å². The van der Waals surface area contributed by atoms with Crippen LogP contribution in [0.3, 0.4) is 0 Å². The number of piperidine rings is 1. The zero-order valence-corrected chi connectivity index (χ0v) is 29.0. The molecule has 2 N–H and O–H groups in total. The van der Waals surface area contributed by atoms with Gasteiger partial charge in [0.15, 0.2) is 0 Å². The molecule has 2 fully saturated rings. The van der Waals surface area contributed by atoms with E-state index in [1.165, 1.54) is 0 Å². The van der Waals surface area contributed by atoms with E-state index in [-0.39, 0.29) is 47.7 Å². The fourth-order valence-corrected chi connectivity index (χ4v) is 6.28. The van der Waals surface area contributed by atoms with Gasteiger partial charge in [-0.1, -0.05) is 61.0 Å². The summed E-state index contributed by atoms with van der Waals surface area (Å²) in [5.74, 6) is -0.00923. The fraction of sp³-hybridized carbons (Fsp3) is 0.824. The van der Waals surface area contributed by atoms with E-state index < -0.39 is 17.5 Å². The summed E-state index contributed by atoms with van der Waals surface area (Å²) >= 11 is 0. The second-order valence-electron chi connectivity index (χ2n) is 14.8. The molecule has 9 nitrogen and oxygen atoms in total. The molecule has 2 saturated heterocycles. The Morgan fingerprint density at radius 1 is 0.907 bits per heavy atom. The second kappa shape index (κ2) is 16.1. The van der Waals surface area contributed by atoms with Crippen molar-refractivity contribution in [3.05, 3.63) is 11.6 Å². The Morgan fingerprint density at radius 2 is 1.53 bits per heavy atom. The van der Waals surface area contributed by atoms with Crippen LogP contribution >= 0.6 is 0 Å². The molecule has 2 heterocycles. The van der Waals surface area contributed by atoms with Gasteiger partial charge in [0.1, 0.15) is 12.1 Å². The van der Waals surface area contributed by atoms with Gasteiger partial charge < -0.3 is 20.4 Å². The molecule has 4 amide bonds. The first kappa shape index (κ1) is 36.8. The lowest BCUT2D eigenvalue weighted by Gasteiger charge is -2.41. The zero-order valence-electron chi connectivity index (χ0n) is 29.0. The smallest absolute Gasteiger partial charge is 0.249 e. The molecule has 0 saturated carbocycles. The van der Waals surface area contributed by atoms with Crippen LogP contribution in [0.25, 0.3) is 0 Å². The maximum Gasteiger partial charge on any atom is 0.249 e. The third-order valence-corrected chi connectivity index (χ3v) is 8.98. The third-order valence-electron chi connectivity index (χ3n) is 8.98. The number of nitrogens with zero attached hydrogens (tertiary/aromatic N) is 3. The van der Waals surface area contributed by atoms with Crippen LogP contribution in [0.2, 0.25) is 0 Å². The minimum absolute atomic E-state index is 0.0245. The number of likely N-dealkylation sites (N-methyl/N-ethyl adjacent to an activating group) is 1. The zero-order chi connectivity index (χ0) is 32.6. The van der Waals surface area contributed by atoms with E-state index in [0.29, 0.717) is 31.0 Å². The van der Waals surface area contributed by atoms with Crippen molar-refractivity contribution in [1.82, 2.24) is 25.3 Å². The molecule has 2 aliphatic rings. The largest absolute Gasteiger partial charge is 0.354 e. The van der Waals surface area contributed by atoms with E-state index in [1.807, 2.05) is 40.7 Å². The van der Waals surface area contributed by atoms with Gasteiger partial charge in [-0.05, 0) is 76.7 Å². The Morgan fingerprint density at radius 3 is 2.09 bits per heavy atom. The molecule has 0 aromatic carbocycles. The second-order valence-corrected chi connectivity index (χ2v) is 14.8. The third kappa shape index (κ3) is 10.0. The summed E-state index contributed by atoms with van der Waals surface area (Å²) in [5.41, 5.74) is 0.00603. The van der Waals surface area contributed by atoms with Gasteiger partial charge in [-0.2, -0.15) is 0 Å². The van der Waals surface area contributed by atoms with Crippen molar-refractivity contribution < 1.29 is 19.2 Å². The first-order valence-electron chi connectivity index (χ1n) is 16.6. The molecule has 0 unspecified atom stereocenters. The molecular weight excluding hydrogens is 542 g/mol. The number of nitrogens with one attached hydrogen (secondary N) is 2. The summed E-state index contributed by atoms with van der Waals surface area (Å²) in [6.45, 7) is 22.2. The predicted molar refractivity (Wildman–Crippen MR) is 173 cm³/mol. The van der Waals surface area contributed by atoms with Gasteiger partial charge in [0.25, 0.3) is 0 Å². The normalized spacial score (nSPS) is 21.7. The maximum atomic E-state index is 14.1. The van der Waals surface area contributed by atoms with Crippen LogP contribution in [0.4, 0.5) is 0 Å². The van der Waals surface area contributed by atoms with Crippen molar-refractivity contribution in [1.29, 1.82) is 0 Å². The molecular formula is C34H61N5O4. The molecule has 9 heteroatoms. The van der Waals surface area contributed by atoms with E-state index in [1.54, 1.807) is 23.8 Å². The number of hydrogen-bond donors (Lipinski definition) is 2. The van der Waals surface area contributed by atoms with Crippen LogP contribution in [0.15, 0.2) is 11.6 Å². The van der Waals surface area contributed by atoms with E-state index in [9.17, 15) is 19.2 Å². The Bertz CT molecular complexity index is 999. The van der Waals surface area contributed by atoms with Crippen LogP contribution in [0, 0.1) is 17.3 Å². The lowest BCUT2D eigenvalue weighted by molar-refractivity contribution is -0.142. The van der Waals surface area contributed by atoms with Crippen molar-refractivity contribution in [2.24, 2.45) is 17.3 Å². The van der Waals surface area contributed by atoms with E-state index in [0.717, 1.165) is 38.6 Å². The van der Waals surface area contributed by atoms with Crippen LogP contribution < -0.4 is 10.6 Å². The van der Waals surface area contributed by atoms with Gasteiger partial charge in [0.05, 0.1) is 12.1 Å². The number of hydrogen-bond acceptors (Lipinski definition) is 5. The first-order valence-corrected chi connectivity index (χ1v) is 16.6. The number of rotatable bonds is 12. The highest BCUT2D eigenvalue weighted by Gasteiger charge is 2.40. The van der Waals surface area contributed by atoms with Crippen LogP contribution in [0.1, 0.15) is 108 Å². The number of likely N-dealkylation sites (tertiary alicyclic amines) is 2. The monoisotopic (exact) mass is 603 g/mol. The van der Waals surface area contributed by atoms with Crippen molar-refractivity contribution in [2.75, 3.05) is 26.7 Å². The van der Waals surface area contributed by atoms with Gasteiger partial charge in [-0.25, -0.2) is 0 Å². The van der Waals surface area contributed by atoms with E-state index in [4.69, 9.17) is 0 Å². The molecule has 4 atom stereocenters. The summed E-state index contributed by atoms with van der Waals surface area (Å²) in [6.07, 6.45) is 7.07. The number of carbonyl (C=O) groups is 4. The predicted octanol–water partition coefficient (Wildman–Crippen LogP) is 4.36. The molecule has 0 aromatic rings. The van der Waals surface area contributed by atoms with Gasteiger partial charge in [0, 0.05) is 31.8 Å². The van der Waals surface area contributed by atoms with Crippen molar-refractivity contribution >= 4 is 23.6 Å². The fourth-order valence-electron chi connectivity index (χ4n) is 6.28. The van der Waals surface area contributed by atoms with Crippen LogP contribution in [0.5, 0.6) is 0 Å². The molecule has 0 bridgehead atoms. The Kier molecular flexibility index (Phi) is 13.7. The lowest BCUT2D eigenvalue weighted by atomic mass is 9.84. The van der Waals surface area contributed by atoms with Gasteiger partial charge in [0.2, 0.25) is 23.6 Å². The quantitative estimate of drug-likeness (QED) is 0.323. The highest BCUT2D eigenvalue weighted by Crippen LogP contribution is 2.27. The minimum Gasteiger partial charge on any atom is -0.354 e. The maximum absolute atomic E-state index is 14.1. The van der Waals surface area contributed by atoms with Crippen molar-refractivity contribution in [2.45, 2.75) is 138 Å². The Balaban J connectivity index is 2.22. The average molecular weight is 604 g/mol. The Hall–Kier alpha value is -2.42. The average Bonchev–Trinajstić information content (AvgIpc) is 3.42. The number of amides is 4. The van der Waals surface area contributed by atoms with Crippen molar-refractivity contribution in [3.8, 4) is 0 Å². The number of carbonyl (C=O) groups excluding carboxylic acids is 4. The first-order chi connectivity index (χ1) is 20.0. The van der Waals surface area contributed by atoms with Gasteiger partial charge in [-0.15, -0.1) is 0 Å². The molecule has 0 aliphatic carbocycles. The van der Waals surface area contributed by atoms with E-state index >= 15 is 0 Å². The molecule has 0 aromatic heterocycles. The molecule has 2 aliphatic heterocycles. The topological polar surface area (TPSA) is 102 Å². The molecule has 0 radical (unpaired) electrons. The lowest BCUT2D eigenvalue weighted by Crippen LogP contribution is -2.60. The summed E-state index contributed by atoms with van der Waals surface area (Å²) in [5, 5.41) is 6.14. The highest BCUT2D eigenvalue weighted by atomic mass is 16.2. The summed E-state index contributed by atoms with van der Waals surface area (Å²) in [4.78, 5) is 59.8. The minimum atomic E-state index is -0.718. The van der Waals surface area contributed by atoms with Crippen molar-refractivity contribution in [3.63, 3.8) is 0 Å². The Labute approximate surface area is 261 Å². The van der Waals surface area contributed by atoms with Crippen LogP contribution in [-0.2, 0) is 19.2 Å². The molecule has 0 spiro atoms. The summed E-state index contributed by atoms with van der Waals surface area (Å²) in [6, 6.07) is -1.54. The SMILES string of the molecule is C/C(=C\[C@H](C(C)C)N(C)C(=O)[C@@H](NC(=O)[C@H]1CCCCN1C(C)C)C(C)(C)C)C(=O)N1CCC[C@H]1C(=O)NCCC(C)C. The molecule has 43 heavy (non-hydrogen) atoms. The summed E-state index contributed by atoms with van der Waals surface area (Å²) in [7, 11) is 1.76. The highest BCUT2D eigenvalue weighted by molar-refractivity contribution is 5.97.